The van der Waals surface area contributed by atoms with Crippen LogP contribution in [0.25, 0.3) is 0 Å². The topological polar surface area (TPSA) is 89.9 Å². The number of hydrogen-bond acceptors (Lipinski definition) is 8. The lowest BCUT2D eigenvalue weighted by Gasteiger charge is -2.26. The SMILES string of the molecule is COC(=O)C1=C2CC(N[S+](C)[O-])CN2C(c2nccs2)=NC1. The molecule has 3 heterocycles. The molecule has 22 heavy (non-hydrogen) atoms. The van der Waals surface area contributed by atoms with E-state index in [1.165, 1.54) is 18.4 Å². The summed E-state index contributed by atoms with van der Waals surface area (Å²) in [5.74, 6) is 0.407. The summed E-state index contributed by atoms with van der Waals surface area (Å²) in [4.78, 5) is 22.8. The molecule has 0 bridgehead atoms. The van der Waals surface area contributed by atoms with Gasteiger partial charge in [-0.15, -0.1) is 16.1 Å². The number of hydrogen-bond donors (Lipinski definition) is 1. The van der Waals surface area contributed by atoms with Crippen LogP contribution in [0.15, 0.2) is 27.8 Å². The molecule has 9 heteroatoms. The van der Waals surface area contributed by atoms with E-state index in [1.54, 1.807) is 12.5 Å². The summed E-state index contributed by atoms with van der Waals surface area (Å²) < 4.78 is 19.3. The van der Waals surface area contributed by atoms with E-state index < -0.39 is 11.4 Å². The number of amidine groups is 1. The molecular weight excluding hydrogens is 324 g/mol. The summed E-state index contributed by atoms with van der Waals surface area (Å²) in [7, 11) is 1.37. The molecule has 118 valence electrons. The Morgan fingerprint density at radius 1 is 1.64 bits per heavy atom. The van der Waals surface area contributed by atoms with Gasteiger partial charge in [-0.2, -0.15) is 0 Å². The first-order valence-electron chi connectivity index (χ1n) is 6.72. The van der Waals surface area contributed by atoms with Crippen molar-refractivity contribution in [2.75, 3.05) is 26.5 Å². The molecule has 0 aromatic carbocycles. The summed E-state index contributed by atoms with van der Waals surface area (Å²) in [6, 6.07) is 0.00347. The summed E-state index contributed by atoms with van der Waals surface area (Å²) in [6.45, 7) is 0.892. The first kappa shape index (κ1) is 15.5. The summed E-state index contributed by atoms with van der Waals surface area (Å²) in [5, 5.41) is 2.71. The lowest BCUT2D eigenvalue weighted by molar-refractivity contribution is -0.136. The van der Waals surface area contributed by atoms with Crippen molar-refractivity contribution in [3.05, 3.63) is 27.9 Å². The number of nitrogens with one attached hydrogen (secondary N) is 1. The minimum atomic E-state index is -1.11. The molecule has 1 fully saturated rings. The fourth-order valence-corrected chi connectivity index (χ4v) is 3.99. The number of rotatable bonds is 4. The van der Waals surface area contributed by atoms with Crippen LogP contribution in [-0.4, -0.2) is 58.7 Å². The minimum absolute atomic E-state index is 0.00347. The van der Waals surface area contributed by atoms with Crippen LogP contribution in [-0.2, 0) is 20.9 Å². The Morgan fingerprint density at radius 2 is 2.45 bits per heavy atom. The first-order chi connectivity index (χ1) is 10.6. The Kier molecular flexibility index (Phi) is 4.48. The number of fused-ring (bicyclic) bond motifs is 1. The van der Waals surface area contributed by atoms with Crippen LogP contribution in [0.3, 0.4) is 0 Å². The Bertz CT molecular complexity index is 627. The first-order valence-corrected chi connectivity index (χ1v) is 9.15. The highest BCUT2D eigenvalue weighted by Crippen LogP contribution is 2.31. The van der Waals surface area contributed by atoms with E-state index in [9.17, 15) is 9.35 Å². The number of carbonyl (C=O) groups is 1. The molecule has 2 atom stereocenters. The third kappa shape index (κ3) is 2.89. The molecule has 1 N–H and O–H groups in total. The lowest BCUT2D eigenvalue weighted by atomic mass is 10.1. The van der Waals surface area contributed by atoms with Crippen molar-refractivity contribution >= 4 is 34.5 Å². The van der Waals surface area contributed by atoms with Crippen LogP contribution >= 0.6 is 11.3 Å². The number of methoxy groups -OCH3 is 1. The molecule has 0 amide bonds. The average Bonchev–Trinajstić information content (AvgIpc) is 3.13. The number of nitrogens with zero attached hydrogens (tertiary/aromatic N) is 3. The zero-order valence-electron chi connectivity index (χ0n) is 12.2. The van der Waals surface area contributed by atoms with Crippen molar-refractivity contribution in [3.8, 4) is 0 Å². The van der Waals surface area contributed by atoms with Gasteiger partial charge in [0.25, 0.3) is 0 Å². The van der Waals surface area contributed by atoms with Gasteiger partial charge in [0.2, 0.25) is 0 Å². The van der Waals surface area contributed by atoms with Gasteiger partial charge in [-0.1, -0.05) is 0 Å². The second-order valence-electron chi connectivity index (χ2n) is 4.98. The maximum Gasteiger partial charge on any atom is 0.337 e. The van der Waals surface area contributed by atoms with Crippen molar-refractivity contribution < 1.29 is 14.1 Å². The van der Waals surface area contributed by atoms with Crippen molar-refractivity contribution in [2.45, 2.75) is 12.5 Å². The minimum Gasteiger partial charge on any atom is -0.598 e. The number of esters is 1. The third-order valence-corrected chi connectivity index (χ3v) is 4.98. The molecule has 0 aliphatic carbocycles. The van der Waals surface area contributed by atoms with Crippen molar-refractivity contribution in [2.24, 2.45) is 4.99 Å². The molecule has 0 spiro atoms. The van der Waals surface area contributed by atoms with E-state index in [-0.39, 0.29) is 18.6 Å². The van der Waals surface area contributed by atoms with E-state index in [0.717, 1.165) is 16.5 Å². The number of carbonyl (C=O) groups excluding carboxylic acids is 1. The molecule has 1 saturated heterocycles. The Labute approximate surface area is 135 Å². The van der Waals surface area contributed by atoms with Gasteiger partial charge in [0.1, 0.15) is 6.26 Å². The molecule has 2 aliphatic rings. The van der Waals surface area contributed by atoms with Crippen molar-refractivity contribution in [1.82, 2.24) is 14.6 Å². The van der Waals surface area contributed by atoms with Crippen LogP contribution in [0.2, 0.25) is 0 Å². The maximum atomic E-state index is 12.0. The predicted molar refractivity (Wildman–Crippen MR) is 84.9 cm³/mol. The van der Waals surface area contributed by atoms with Gasteiger partial charge in [0, 0.05) is 41.6 Å². The zero-order valence-corrected chi connectivity index (χ0v) is 13.9. The van der Waals surface area contributed by atoms with Crippen molar-refractivity contribution in [1.29, 1.82) is 0 Å². The third-order valence-electron chi connectivity index (χ3n) is 3.55. The number of aromatic nitrogens is 1. The maximum absolute atomic E-state index is 12.0. The smallest absolute Gasteiger partial charge is 0.337 e. The van der Waals surface area contributed by atoms with Gasteiger partial charge in [-0.3, -0.25) is 4.99 Å². The largest absolute Gasteiger partial charge is 0.598 e. The summed E-state index contributed by atoms with van der Waals surface area (Å²) >= 11 is 0.397. The molecule has 2 aliphatic heterocycles. The molecule has 1 aromatic heterocycles. The molecule has 3 rings (SSSR count). The van der Waals surface area contributed by atoms with Crippen molar-refractivity contribution in [3.63, 3.8) is 0 Å². The fraction of sp³-hybridized carbons (Fsp3) is 0.462. The van der Waals surface area contributed by atoms with E-state index in [1.807, 2.05) is 10.3 Å². The number of ether oxygens (including phenoxy) is 1. The summed E-state index contributed by atoms with van der Waals surface area (Å²) in [5.41, 5.74) is 1.45. The van der Waals surface area contributed by atoms with Gasteiger partial charge in [0.15, 0.2) is 10.8 Å². The van der Waals surface area contributed by atoms with Gasteiger partial charge in [-0.25, -0.2) is 9.78 Å². The molecule has 1 aromatic rings. The number of thiazole rings is 1. The molecule has 0 radical (unpaired) electrons. The number of aliphatic imine (C=N–C) groups is 1. The zero-order chi connectivity index (χ0) is 15.7. The van der Waals surface area contributed by atoms with E-state index >= 15 is 0 Å². The Balaban J connectivity index is 1.92. The quantitative estimate of drug-likeness (QED) is 0.626. The molecular formula is C13H16N4O3S2. The van der Waals surface area contributed by atoms with E-state index in [4.69, 9.17) is 4.74 Å². The molecule has 0 saturated carbocycles. The van der Waals surface area contributed by atoms with Crippen LogP contribution in [0, 0.1) is 0 Å². The highest BCUT2D eigenvalue weighted by atomic mass is 32.2. The highest BCUT2D eigenvalue weighted by molar-refractivity contribution is 7.88. The normalized spacial score (nSPS) is 22.4. The van der Waals surface area contributed by atoms with Gasteiger partial charge in [0.05, 0.1) is 25.3 Å². The monoisotopic (exact) mass is 340 g/mol. The predicted octanol–water partition coefficient (Wildman–Crippen LogP) is 0.288. The fourth-order valence-electron chi connectivity index (χ4n) is 2.71. The van der Waals surface area contributed by atoms with E-state index in [0.29, 0.717) is 18.5 Å². The van der Waals surface area contributed by atoms with Crippen LogP contribution in [0.5, 0.6) is 0 Å². The Morgan fingerprint density at radius 3 is 3.09 bits per heavy atom. The van der Waals surface area contributed by atoms with Gasteiger partial charge >= 0.3 is 5.97 Å². The highest BCUT2D eigenvalue weighted by Gasteiger charge is 2.38. The lowest BCUT2D eigenvalue weighted by Crippen LogP contribution is -2.39. The second kappa shape index (κ2) is 6.37. The van der Waals surface area contributed by atoms with E-state index in [2.05, 4.69) is 14.7 Å². The molecule has 7 nitrogen and oxygen atoms in total. The van der Waals surface area contributed by atoms with Gasteiger partial charge < -0.3 is 14.2 Å². The average molecular weight is 340 g/mol. The van der Waals surface area contributed by atoms with Crippen LogP contribution in [0.1, 0.15) is 11.4 Å². The second-order valence-corrected chi connectivity index (χ2v) is 7.02. The van der Waals surface area contributed by atoms with Gasteiger partial charge in [-0.05, 0) is 0 Å². The molecule has 2 unspecified atom stereocenters. The Hall–Kier alpha value is -1.42. The summed E-state index contributed by atoms with van der Waals surface area (Å²) in [6.07, 6.45) is 3.95. The van der Waals surface area contributed by atoms with Crippen LogP contribution < -0.4 is 4.72 Å². The van der Waals surface area contributed by atoms with Crippen LogP contribution in [0.4, 0.5) is 0 Å². The standard InChI is InChI=1S/C13H16N4O3S2/c1-20-13(18)9-6-15-11(12-14-3-4-21-12)17-7-8(5-10(9)17)16-22(2)19/h3-4,8,16H,5-7H2,1-2H3.